The Bertz CT molecular complexity index is 477. The monoisotopic (exact) mass is 224 g/mol. The molecule has 0 aliphatic carbocycles. The number of nitrogens with zero attached hydrogens (tertiary/aromatic N) is 1. The fourth-order valence-electron chi connectivity index (χ4n) is 1.29. The van der Waals surface area contributed by atoms with Gasteiger partial charge in [0.2, 0.25) is 0 Å². The van der Waals surface area contributed by atoms with Crippen LogP contribution in [-0.4, -0.2) is 15.3 Å². The number of nitrogens with two attached hydrogens (primary N) is 1. The molecule has 0 atom stereocenters. The van der Waals surface area contributed by atoms with Crippen molar-refractivity contribution in [2.24, 2.45) is 5.73 Å². The SMILES string of the molecule is CC(=O)c1ccc(C)n(CC(N)=S)c1=O. The van der Waals surface area contributed by atoms with Crippen LogP contribution in [0.3, 0.4) is 0 Å². The highest BCUT2D eigenvalue weighted by molar-refractivity contribution is 7.80. The van der Waals surface area contributed by atoms with Gasteiger partial charge in [-0.2, -0.15) is 0 Å². The number of carbonyl (C=O) groups is 1. The molecule has 1 heterocycles. The fraction of sp³-hybridized carbons (Fsp3) is 0.300. The molecule has 0 saturated carbocycles. The second-order valence-electron chi connectivity index (χ2n) is 3.30. The third kappa shape index (κ3) is 2.50. The van der Waals surface area contributed by atoms with Gasteiger partial charge in [-0.15, -0.1) is 0 Å². The number of aryl methyl sites for hydroxylation is 1. The molecule has 0 saturated heterocycles. The van der Waals surface area contributed by atoms with Crippen molar-refractivity contribution in [1.29, 1.82) is 0 Å². The highest BCUT2D eigenvalue weighted by Gasteiger charge is 2.09. The number of hydrogen-bond donors (Lipinski definition) is 1. The number of hydrogen-bond acceptors (Lipinski definition) is 3. The van der Waals surface area contributed by atoms with Crippen LogP contribution in [0.4, 0.5) is 0 Å². The van der Waals surface area contributed by atoms with Crippen LogP contribution < -0.4 is 11.3 Å². The van der Waals surface area contributed by atoms with Crippen molar-refractivity contribution in [3.05, 3.63) is 33.7 Å². The Balaban J connectivity index is 3.37. The quantitative estimate of drug-likeness (QED) is 0.604. The number of carbonyl (C=O) groups excluding carboxylic acids is 1. The highest BCUT2D eigenvalue weighted by atomic mass is 32.1. The van der Waals surface area contributed by atoms with Gasteiger partial charge in [-0.05, 0) is 26.0 Å². The van der Waals surface area contributed by atoms with Crippen molar-refractivity contribution in [3.8, 4) is 0 Å². The minimum atomic E-state index is -0.338. The minimum absolute atomic E-state index is 0.164. The van der Waals surface area contributed by atoms with Crippen LogP contribution >= 0.6 is 12.2 Å². The summed E-state index contributed by atoms with van der Waals surface area (Å²) in [5.41, 5.74) is 5.94. The lowest BCUT2D eigenvalue weighted by atomic mass is 10.2. The van der Waals surface area contributed by atoms with Crippen LogP contribution in [0.2, 0.25) is 0 Å². The molecule has 0 radical (unpaired) electrons. The summed E-state index contributed by atoms with van der Waals surface area (Å²) in [6.45, 7) is 3.29. The Hall–Kier alpha value is -1.49. The zero-order chi connectivity index (χ0) is 11.6. The molecule has 0 amide bonds. The molecule has 0 aromatic carbocycles. The topological polar surface area (TPSA) is 65.1 Å². The largest absolute Gasteiger partial charge is 0.392 e. The van der Waals surface area contributed by atoms with Crippen LogP contribution in [0.25, 0.3) is 0 Å². The highest BCUT2D eigenvalue weighted by Crippen LogP contribution is 1.99. The zero-order valence-corrected chi connectivity index (χ0v) is 9.43. The summed E-state index contributed by atoms with van der Waals surface area (Å²) in [5.74, 6) is -0.253. The van der Waals surface area contributed by atoms with Crippen LogP contribution in [0, 0.1) is 6.92 Å². The molecule has 0 bridgehead atoms. The van der Waals surface area contributed by atoms with Gasteiger partial charge in [-0.1, -0.05) is 12.2 Å². The number of pyridine rings is 1. The van der Waals surface area contributed by atoms with E-state index in [0.29, 0.717) is 0 Å². The van der Waals surface area contributed by atoms with E-state index in [2.05, 4.69) is 0 Å². The first-order chi connectivity index (χ1) is 6.93. The molecule has 0 fully saturated rings. The van der Waals surface area contributed by atoms with E-state index in [1.807, 2.05) is 0 Å². The zero-order valence-electron chi connectivity index (χ0n) is 8.61. The molecule has 15 heavy (non-hydrogen) atoms. The normalized spacial score (nSPS) is 10.0. The lowest BCUT2D eigenvalue weighted by Gasteiger charge is -2.09. The van der Waals surface area contributed by atoms with Gasteiger partial charge in [0.15, 0.2) is 5.78 Å². The Labute approximate surface area is 92.7 Å². The molecule has 1 aromatic heterocycles. The summed E-state index contributed by atoms with van der Waals surface area (Å²) < 4.78 is 1.40. The molecule has 0 unspecified atom stereocenters. The molecular weight excluding hydrogens is 212 g/mol. The average molecular weight is 224 g/mol. The summed E-state index contributed by atoms with van der Waals surface area (Å²) in [7, 11) is 0. The first-order valence-electron chi connectivity index (χ1n) is 4.43. The van der Waals surface area contributed by atoms with Gasteiger partial charge in [0.05, 0.1) is 17.1 Å². The van der Waals surface area contributed by atoms with Crippen molar-refractivity contribution in [1.82, 2.24) is 4.57 Å². The van der Waals surface area contributed by atoms with Gasteiger partial charge in [0.25, 0.3) is 5.56 Å². The molecular formula is C10H12N2O2S. The van der Waals surface area contributed by atoms with Crippen LogP contribution in [0.1, 0.15) is 23.0 Å². The molecule has 0 aliphatic rings. The summed E-state index contributed by atoms with van der Waals surface area (Å²) in [5, 5.41) is 0. The van der Waals surface area contributed by atoms with E-state index in [-0.39, 0.29) is 28.4 Å². The predicted molar refractivity (Wildman–Crippen MR) is 62.2 cm³/mol. The van der Waals surface area contributed by atoms with E-state index < -0.39 is 0 Å². The second-order valence-corrected chi connectivity index (χ2v) is 3.83. The maximum absolute atomic E-state index is 11.8. The van der Waals surface area contributed by atoms with Gasteiger partial charge >= 0.3 is 0 Å². The molecule has 80 valence electrons. The summed E-state index contributed by atoms with van der Waals surface area (Å²) >= 11 is 4.74. The van der Waals surface area contributed by atoms with Crippen molar-refractivity contribution in [3.63, 3.8) is 0 Å². The number of rotatable bonds is 3. The lowest BCUT2D eigenvalue weighted by molar-refractivity contribution is 0.101. The van der Waals surface area contributed by atoms with Crippen molar-refractivity contribution >= 4 is 23.0 Å². The number of Topliss-reactive ketones (excluding diaryl/α,β-unsaturated/α-hetero) is 1. The van der Waals surface area contributed by atoms with Crippen molar-refractivity contribution in [2.75, 3.05) is 0 Å². The Morgan fingerprint density at radius 3 is 2.60 bits per heavy atom. The van der Waals surface area contributed by atoms with Gasteiger partial charge < -0.3 is 10.3 Å². The average Bonchev–Trinajstić information content (AvgIpc) is 2.11. The van der Waals surface area contributed by atoms with Gasteiger partial charge in [0, 0.05) is 5.69 Å². The van der Waals surface area contributed by atoms with E-state index >= 15 is 0 Å². The van der Waals surface area contributed by atoms with E-state index in [4.69, 9.17) is 18.0 Å². The number of ketones is 1. The first kappa shape index (κ1) is 11.6. The van der Waals surface area contributed by atoms with Crippen LogP contribution in [0.15, 0.2) is 16.9 Å². The van der Waals surface area contributed by atoms with Gasteiger partial charge in [0.1, 0.15) is 0 Å². The maximum Gasteiger partial charge on any atom is 0.261 e. The third-order valence-electron chi connectivity index (χ3n) is 2.09. The lowest BCUT2D eigenvalue weighted by Crippen LogP contribution is -2.31. The van der Waals surface area contributed by atoms with Gasteiger partial charge in [-0.25, -0.2) is 0 Å². The smallest absolute Gasteiger partial charge is 0.261 e. The van der Waals surface area contributed by atoms with Crippen LogP contribution in [0.5, 0.6) is 0 Å². The second kappa shape index (κ2) is 4.35. The molecule has 2 N–H and O–H groups in total. The first-order valence-corrected chi connectivity index (χ1v) is 4.84. The number of aromatic nitrogens is 1. The predicted octanol–water partition coefficient (Wildman–Crippen LogP) is 0.645. The molecule has 0 spiro atoms. The summed E-state index contributed by atoms with van der Waals surface area (Å²) in [6, 6.07) is 3.23. The Morgan fingerprint density at radius 2 is 2.13 bits per heavy atom. The molecule has 0 aliphatic heterocycles. The molecule has 1 aromatic rings. The third-order valence-corrected chi connectivity index (χ3v) is 2.21. The molecule has 5 heteroatoms. The minimum Gasteiger partial charge on any atom is -0.392 e. The molecule has 4 nitrogen and oxygen atoms in total. The Morgan fingerprint density at radius 1 is 1.53 bits per heavy atom. The van der Waals surface area contributed by atoms with Gasteiger partial charge in [-0.3, -0.25) is 9.59 Å². The molecule has 1 rings (SSSR count). The van der Waals surface area contributed by atoms with Crippen LogP contribution in [-0.2, 0) is 6.54 Å². The fourth-order valence-corrected chi connectivity index (χ4v) is 1.42. The summed E-state index contributed by atoms with van der Waals surface area (Å²) in [6.07, 6.45) is 0. The van der Waals surface area contributed by atoms with E-state index in [9.17, 15) is 9.59 Å². The van der Waals surface area contributed by atoms with E-state index in [0.717, 1.165) is 5.69 Å². The standard InChI is InChI=1S/C10H12N2O2S/c1-6-3-4-8(7(2)13)10(14)12(6)5-9(11)15/h3-4H,5H2,1-2H3,(H2,11,15). The van der Waals surface area contributed by atoms with Crippen molar-refractivity contribution < 1.29 is 4.79 Å². The maximum atomic E-state index is 11.8. The summed E-state index contributed by atoms with van der Waals surface area (Å²) in [4.78, 5) is 23.2. The van der Waals surface area contributed by atoms with E-state index in [1.165, 1.54) is 17.6 Å². The Kier molecular flexibility index (Phi) is 3.36. The van der Waals surface area contributed by atoms with E-state index in [1.54, 1.807) is 13.0 Å². The number of thiocarbonyl (C=S) groups is 1. The van der Waals surface area contributed by atoms with Crippen molar-refractivity contribution in [2.45, 2.75) is 20.4 Å².